The van der Waals surface area contributed by atoms with Crippen molar-refractivity contribution in [2.24, 2.45) is 0 Å². The molecule has 0 saturated heterocycles. The normalized spacial score (nSPS) is 13.8. The molecule has 0 unspecified atom stereocenters. The molecule has 4 aromatic rings. The number of hydrogen-bond acceptors (Lipinski definition) is 0. The highest BCUT2D eigenvalue weighted by atomic mass is 14.5. The molecule has 0 saturated carbocycles. The van der Waals surface area contributed by atoms with Gasteiger partial charge in [0, 0.05) is 5.41 Å². The largest absolute Gasteiger partial charge is 0.0654 e. The van der Waals surface area contributed by atoms with Gasteiger partial charge in [-0.2, -0.15) is 0 Å². The van der Waals surface area contributed by atoms with Gasteiger partial charge >= 0.3 is 0 Å². The van der Waals surface area contributed by atoms with Crippen LogP contribution in [0.1, 0.15) is 168 Å². The Labute approximate surface area is 301 Å². The van der Waals surface area contributed by atoms with Crippen LogP contribution in [0.15, 0.2) is 84.9 Å². The molecule has 0 N–H and O–H groups in total. The van der Waals surface area contributed by atoms with Gasteiger partial charge in [0.15, 0.2) is 0 Å². The second kappa shape index (κ2) is 16.3. The zero-order valence-electron chi connectivity index (χ0n) is 32.5. The quantitative estimate of drug-likeness (QED) is 0.105. The minimum absolute atomic E-state index is 0.0584. The van der Waals surface area contributed by atoms with Crippen LogP contribution in [0.2, 0.25) is 0 Å². The summed E-state index contributed by atoms with van der Waals surface area (Å²) in [6.07, 6.45) is 18.6. The summed E-state index contributed by atoms with van der Waals surface area (Å²) in [6, 6.07) is 33.7. The van der Waals surface area contributed by atoms with Gasteiger partial charge in [-0.25, -0.2) is 0 Å². The van der Waals surface area contributed by atoms with E-state index >= 15 is 0 Å². The summed E-state index contributed by atoms with van der Waals surface area (Å²) in [5.41, 5.74) is 14.7. The Balaban J connectivity index is 1.58. The Morgan fingerprint density at radius 2 is 0.714 bits per heavy atom. The Hall–Kier alpha value is -3.12. The highest BCUT2D eigenvalue weighted by Gasteiger charge is 2.42. The van der Waals surface area contributed by atoms with Crippen LogP contribution in [0.5, 0.6) is 0 Å². The molecule has 4 aromatic carbocycles. The summed E-state index contributed by atoms with van der Waals surface area (Å²) in [5.74, 6) is 0. The van der Waals surface area contributed by atoms with Crippen molar-refractivity contribution in [1.29, 1.82) is 0 Å². The first kappa shape index (κ1) is 37.1. The Bertz CT molecular complexity index is 1490. The van der Waals surface area contributed by atoms with Gasteiger partial charge in [0.2, 0.25) is 0 Å². The molecule has 0 nitrogen and oxygen atoms in total. The molecule has 0 aromatic heterocycles. The summed E-state index contributed by atoms with van der Waals surface area (Å²) < 4.78 is 0. The van der Waals surface area contributed by atoms with Crippen LogP contribution in [0.4, 0.5) is 0 Å². The number of hydrogen-bond donors (Lipinski definition) is 0. The standard InChI is InChI=1S/C49H66/c1-9-11-13-15-17-19-33-49(34-20-18-16-14-12-10-2)45-35-39(37-21-27-41(28-22-37)47(3,4)5)25-31-43(45)44-32-26-40(36-46(44)49)38-23-29-42(30-24-38)48(6,7)8/h21-32,35-36H,9-20,33-34H2,1-8H3. The smallest absolute Gasteiger partial charge is 0.0215 e. The minimum atomic E-state index is 0.0584. The topological polar surface area (TPSA) is 0 Å². The first-order chi connectivity index (χ1) is 23.5. The zero-order chi connectivity index (χ0) is 35.1. The summed E-state index contributed by atoms with van der Waals surface area (Å²) >= 11 is 0. The second-order valence-corrected chi connectivity index (χ2v) is 17.3. The van der Waals surface area contributed by atoms with Crippen molar-refractivity contribution in [2.45, 2.75) is 162 Å². The molecular formula is C49H66. The molecule has 1 aliphatic carbocycles. The van der Waals surface area contributed by atoms with Crippen molar-refractivity contribution >= 4 is 0 Å². The summed E-state index contributed by atoms with van der Waals surface area (Å²) in [4.78, 5) is 0. The van der Waals surface area contributed by atoms with Crippen LogP contribution in [-0.4, -0.2) is 0 Å². The lowest BCUT2D eigenvalue weighted by Crippen LogP contribution is -2.25. The minimum Gasteiger partial charge on any atom is -0.0654 e. The first-order valence-corrected chi connectivity index (χ1v) is 20.0. The fourth-order valence-electron chi connectivity index (χ4n) is 8.26. The molecule has 262 valence electrons. The maximum atomic E-state index is 2.60. The monoisotopic (exact) mass is 655 g/mol. The fraction of sp³-hybridized carbons (Fsp3) is 0.510. The highest BCUT2D eigenvalue weighted by Crippen LogP contribution is 2.56. The van der Waals surface area contributed by atoms with E-state index in [4.69, 9.17) is 0 Å². The van der Waals surface area contributed by atoms with E-state index in [0.29, 0.717) is 0 Å². The van der Waals surface area contributed by atoms with Gasteiger partial charge in [0.05, 0.1) is 0 Å². The number of benzene rings is 4. The molecule has 0 bridgehead atoms. The lowest BCUT2D eigenvalue weighted by Gasteiger charge is -2.33. The van der Waals surface area contributed by atoms with Gasteiger partial charge in [-0.3, -0.25) is 0 Å². The van der Waals surface area contributed by atoms with Crippen LogP contribution < -0.4 is 0 Å². The molecule has 0 radical (unpaired) electrons. The molecule has 5 rings (SSSR count). The Morgan fingerprint density at radius 3 is 1.06 bits per heavy atom. The maximum Gasteiger partial charge on any atom is 0.0215 e. The molecular weight excluding hydrogens is 589 g/mol. The number of rotatable bonds is 16. The van der Waals surface area contributed by atoms with Gasteiger partial charge in [-0.1, -0.05) is 205 Å². The molecule has 0 heteroatoms. The molecule has 0 fully saturated rings. The van der Waals surface area contributed by atoms with Gasteiger partial charge in [-0.15, -0.1) is 0 Å². The van der Waals surface area contributed by atoms with E-state index < -0.39 is 0 Å². The van der Waals surface area contributed by atoms with E-state index in [2.05, 4.69) is 140 Å². The highest BCUT2D eigenvalue weighted by molar-refractivity contribution is 5.86. The third-order valence-electron chi connectivity index (χ3n) is 11.4. The zero-order valence-corrected chi connectivity index (χ0v) is 32.5. The predicted molar refractivity (Wildman–Crippen MR) is 217 cm³/mol. The Kier molecular flexibility index (Phi) is 12.3. The third-order valence-corrected chi connectivity index (χ3v) is 11.4. The van der Waals surface area contributed by atoms with Crippen LogP contribution in [0, 0.1) is 0 Å². The average Bonchev–Trinajstić information content (AvgIpc) is 3.35. The average molecular weight is 655 g/mol. The molecule has 1 aliphatic rings. The fourth-order valence-corrected chi connectivity index (χ4v) is 8.26. The van der Waals surface area contributed by atoms with E-state index in [0.717, 1.165) is 0 Å². The van der Waals surface area contributed by atoms with Gasteiger partial charge in [0.25, 0.3) is 0 Å². The SMILES string of the molecule is CCCCCCCCC1(CCCCCCCC)c2cc(-c3ccc(C(C)(C)C)cc3)ccc2-c2ccc(-c3ccc(C(C)(C)C)cc3)cc21. The van der Waals surface area contributed by atoms with Gasteiger partial charge in [-0.05, 0) is 91.4 Å². The van der Waals surface area contributed by atoms with Crippen molar-refractivity contribution < 1.29 is 0 Å². The molecule has 0 atom stereocenters. The summed E-state index contributed by atoms with van der Waals surface area (Å²) in [6.45, 7) is 18.5. The van der Waals surface area contributed by atoms with E-state index in [1.165, 1.54) is 134 Å². The predicted octanol–water partition coefficient (Wildman–Crippen LogP) is 15.4. The van der Waals surface area contributed by atoms with E-state index in [1.807, 2.05) is 0 Å². The van der Waals surface area contributed by atoms with E-state index in [-0.39, 0.29) is 16.2 Å². The van der Waals surface area contributed by atoms with Crippen LogP contribution >= 0.6 is 0 Å². The van der Waals surface area contributed by atoms with E-state index in [1.54, 1.807) is 11.1 Å². The third kappa shape index (κ3) is 8.79. The van der Waals surface area contributed by atoms with Crippen LogP contribution in [0.25, 0.3) is 33.4 Å². The molecule has 0 heterocycles. The van der Waals surface area contributed by atoms with Crippen molar-refractivity contribution in [3.05, 3.63) is 107 Å². The number of fused-ring (bicyclic) bond motifs is 3. The van der Waals surface area contributed by atoms with E-state index in [9.17, 15) is 0 Å². The van der Waals surface area contributed by atoms with Crippen molar-refractivity contribution in [3.63, 3.8) is 0 Å². The number of unbranched alkanes of at least 4 members (excludes halogenated alkanes) is 10. The van der Waals surface area contributed by atoms with Crippen LogP contribution in [-0.2, 0) is 16.2 Å². The maximum absolute atomic E-state index is 2.60. The molecule has 49 heavy (non-hydrogen) atoms. The lowest BCUT2D eigenvalue weighted by atomic mass is 9.70. The van der Waals surface area contributed by atoms with Crippen molar-refractivity contribution in [2.75, 3.05) is 0 Å². The van der Waals surface area contributed by atoms with Gasteiger partial charge < -0.3 is 0 Å². The van der Waals surface area contributed by atoms with Crippen LogP contribution in [0.3, 0.4) is 0 Å². The summed E-state index contributed by atoms with van der Waals surface area (Å²) in [7, 11) is 0. The summed E-state index contributed by atoms with van der Waals surface area (Å²) in [5, 5.41) is 0. The lowest BCUT2D eigenvalue weighted by molar-refractivity contribution is 0.398. The van der Waals surface area contributed by atoms with Crippen molar-refractivity contribution in [3.8, 4) is 33.4 Å². The molecule has 0 aliphatic heterocycles. The Morgan fingerprint density at radius 1 is 0.388 bits per heavy atom. The van der Waals surface area contributed by atoms with Gasteiger partial charge in [0.1, 0.15) is 0 Å². The molecule has 0 spiro atoms. The second-order valence-electron chi connectivity index (χ2n) is 17.3. The van der Waals surface area contributed by atoms with Crippen molar-refractivity contribution in [1.82, 2.24) is 0 Å². The first-order valence-electron chi connectivity index (χ1n) is 20.0. The molecule has 0 amide bonds.